The summed E-state index contributed by atoms with van der Waals surface area (Å²) in [6.07, 6.45) is 1.81. The van der Waals surface area contributed by atoms with Crippen molar-refractivity contribution in [3.05, 3.63) is 33.0 Å². The molecule has 2 nitrogen and oxygen atoms in total. The van der Waals surface area contributed by atoms with Crippen molar-refractivity contribution in [1.82, 2.24) is 5.32 Å². The van der Waals surface area contributed by atoms with Gasteiger partial charge in [0, 0.05) is 23.2 Å². The van der Waals surface area contributed by atoms with E-state index in [1.807, 2.05) is 14.0 Å². The number of benzene rings is 1. The molecule has 0 heterocycles. The van der Waals surface area contributed by atoms with Crippen LogP contribution in [0.25, 0.3) is 0 Å². The van der Waals surface area contributed by atoms with Crippen molar-refractivity contribution in [3.8, 4) is 0 Å². The largest absolute Gasteiger partial charge is 0.382 e. The molecular weight excluding hydrogens is 321 g/mol. The van der Waals surface area contributed by atoms with E-state index in [2.05, 4.69) is 21.2 Å². The number of ether oxygens (including phenoxy) is 1. The molecule has 0 aliphatic carbocycles. The van der Waals surface area contributed by atoms with Gasteiger partial charge in [0.15, 0.2) is 0 Å². The molecule has 18 heavy (non-hydrogen) atoms. The van der Waals surface area contributed by atoms with Gasteiger partial charge in [0.05, 0.1) is 11.1 Å². The third-order valence-corrected chi connectivity index (χ3v) is 4.31. The fraction of sp³-hybridized carbons (Fsp3) is 0.538. The van der Waals surface area contributed by atoms with Crippen LogP contribution in [0.15, 0.2) is 16.6 Å². The average Bonchev–Trinajstić information content (AvgIpc) is 2.38. The van der Waals surface area contributed by atoms with E-state index in [0.717, 1.165) is 12.8 Å². The first-order valence-electron chi connectivity index (χ1n) is 5.84. The van der Waals surface area contributed by atoms with Crippen molar-refractivity contribution in [1.29, 1.82) is 0 Å². The van der Waals surface area contributed by atoms with E-state index in [-0.39, 0.29) is 23.0 Å². The molecule has 2 unspecified atom stereocenters. The molecule has 1 N–H and O–H groups in total. The summed E-state index contributed by atoms with van der Waals surface area (Å²) in [5.74, 6) is -0.365. The van der Waals surface area contributed by atoms with Crippen LogP contribution in [-0.2, 0) is 4.74 Å². The molecule has 0 aliphatic rings. The monoisotopic (exact) mass is 337 g/mol. The highest BCUT2D eigenvalue weighted by atomic mass is 79.9. The van der Waals surface area contributed by atoms with Crippen LogP contribution in [-0.4, -0.2) is 20.3 Å². The van der Waals surface area contributed by atoms with E-state index in [9.17, 15) is 4.39 Å². The molecule has 1 aromatic carbocycles. The van der Waals surface area contributed by atoms with Crippen LogP contribution >= 0.6 is 27.5 Å². The maximum absolute atomic E-state index is 14.1. The Hall–Kier alpha value is -0.160. The van der Waals surface area contributed by atoms with Gasteiger partial charge >= 0.3 is 0 Å². The quantitative estimate of drug-likeness (QED) is 0.780. The van der Waals surface area contributed by atoms with E-state index in [1.165, 1.54) is 0 Å². The van der Waals surface area contributed by atoms with Crippen LogP contribution in [0.5, 0.6) is 0 Å². The second-order valence-corrected chi connectivity index (χ2v) is 5.46. The number of methoxy groups -OCH3 is 1. The minimum absolute atomic E-state index is 0.0619. The first-order valence-corrected chi connectivity index (χ1v) is 7.01. The maximum Gasteiger partial charge on any atom is 0.147 e. The standard InChI is InChI=1S/C13H18BrClFNO/c1-8(18-3)4-7-11(17-2)9-5-6-10(14)12(15)13(9)16/h5-6,8,11,17H,4,7H2,1-3H3. The van der Waals surface area contributed by atoms with E-state index < -0.39 is 0 Å². The lowest BCUT2D eigenvalue weighted by atomic mass is 10.00. The van der Waals surface area contributed by atoms with Gasteiger partial charge in [-0.05, 0) is 48.8 Å². The second-order valence-electron chi connectivity index (χ2n) is 4.23. The van der Waals surface area contributed by atoms with Crippen LogP contribution in [0, 0.1) is 5.82 Å². The molecule has 0 aliphatic heterocycles. The molecule has 0 radical (unpaired) electrons. The van der Waals surface area contributed by atoms with Gasteiger partial charge in [-0.25, -0.2) is 4.39 Å². The number of rotatable bonds is 6. The number of nitrogens with one attached hydrogen (secondary N) is 1. The molecule has 2 atom stereocenters. The van der Waals surface area contributed by atoms with Crippen molar-refractivity contribution in [2.75, 3.05) is 14.2 Å². The summed E-state index contributed by atoms with van der Waals surface area (Å²) in [7, 11) is 3.49. The summed E-state index contributed by atoms with van der Waals surface area (Å²) in [5, 5.41) is 3.25. The number of hydrogen-bond donors (Lipinski definition) is 1. The molecule has 0 saturated heterocycles. The van der Waals surface area contributed by atoms with Crippen molar-refractivity contribution in [2.45, 2.75) is 31.9 Å². The molecule has 102 valence electrons. The lowest BCUT2D eigenvalue weighted by Crippen LogP contribution is -2.20. The topological polar surface area (TPSA) is 21.3 Å². The number of halogens is 3. The van der Waals surface area contributed by atoms with Gasteiger partial charge in [-0.1, -0.05) is 17.7 Å². The Bertz CT molecular complexity index is 403. The van der Waals surface area contributed by atoms with Gasteiger partial charge in [0.1, 0.15) is 5.82 Å². The third-order valence-electron chi connectivity index (χ3n) is 3.05. The van der Waals surface area contributed by atoms with E-state index in [1.54, 1.807) is 19.2 Å². The maximum atomic E-state index is 14.1. The molecule has 5 heteroatoms. The van der Waals surface area contributed by atoms with E-state index in [4.69, 9.17) is 16.3 Å². The lowest BCUT2D eigenvalue weighted by Gasteiger charge is -2.20. The SMILES string of the molecule is CNC(CCC(C)OC)c1ccc(Br)c(Cl)c1F. The normalized spacial score (nSPS) is 14.6. The Kier molecular flexibility index (Phi) is 6.57. The average molecular weight is 339 g/mol. The second kappa shape index (κ2) is 7.43. The first kappa shape index (κ1) is 15.9. The lowest BCUT2D eigenvalue weighted by molar-refractivity contribution is 0.106. The van der Waals surface area contributed by atoms with Crippen molar-refractivity contribution >= 4 is 27.5 Å². The van der Waals surface area contributed by atoms with Crippen LogP contribution in [0.3, 0.4) is 0 Å². The van der Waals surface area contributed by atoms with Gasteiger partial charge in [-0.2, -0.15) is 0 Å². The minimum atomic E-state index is -0.365. The van der Waals surface area contributed by atoms with Crippen LogP contribution in [0.1, 0.15) is 31.4 Å². The Labute approximate surface area is 121 Å². The van der Waals surface area contributed by atoms with Crippen LogP contribution in [0.2, 0.25) is 5.02 Å². The fourth-order valence-electron chi connectivity index (χ4n) is 1.78. The van der Waals surface area contributed by atoms with Crippen molar-refractivity contribution in [2.24, 2.45) is 0 Å². The molecule has 0 fully saturated rings. The fourth-order valence-corrected chi connectivity index (χ4v) is 2.26. The smallest absolute Gasteiger partial charge is 0.147 e. The van der Waals surface area contributed by atoms with E-state index >= 15 is 0 Å². The van der Waals surface area contributed by atoms with Gasteiger partial charge in [0.2, 0.25) is 0 Å². The zero-order chi connectivity index (χ0) is 13.7. The Morgan fingerprint density at radius 3 is 2.67 bits per heavy atom. The summed E-state index contributed by atoms with van der Waals surface area (Å²) >= 11 is 9.11. The minimum Gasteiger partial charge on any atom is -0.382 e. The Morgan fingerprint density at radius 1 is 1.44 bits per heavy atom. The highest BCUT2D eigenvalue weighted by Gasteiger charge is 2.18. The predicted octanol–water partition coefficient (Wildman–Crippen LogP) is 4.32. The summed E-state index contributed by atoms with van der Waals surface area (Å²) in [6.45, 7) is 2.00. The number of hydrogen-bond acceptors (Lipinski definition) is 2. The van der Waals surface area contributed by atoms with Gasteiger partial charge < -0.3 is 10.1 Å². The van der Waals surface area contributed by atoms with Gasteiger partial charge in [-0.15, -0.1) is 0 Å². The molecule has 0 bridgehead atoms. The summed E-state index contributed by atoms with van der Waals surface area (Å²) < 4.78 is 19.8. The zero-order valence-electron chi connectivity index (χ0n) is 10.8. The van der Waals surface area contributed by atoms with Gasteiger partial charge in [0.25, 0.3) is 0 Å². The summed E-state index contributed by atoms with van der Waals surface area (Å²) in [4.78, 5) is 0. The molecular formula is C13H18BrClFNO. The van der Waals surface area contributed by atoms with Crippen LogP contribution < -0.4 is 5.32 Å². The highest BCUT2D eigenvalue weighted by Crippen LogP contribution is 2.32. The first-order chi connectivity index (χ1) is 8.51. The molecule has 1 rings (SSSR count). The van der Waals surface area contributed by atoms with Crippen molar-refractivity contribution < 1.29 is 9.13 Å². The summed E-state index contributed by atoms with van der Waals surface area (Å²) in [5.41, 5.74) is 0.592. The zero-order valence-corrected chi connectivity index (χ0v) is 13.1. The van der Waals surface area contributed by atoms with Crippen molar-refractivity contribution in [3.63, 3.8) is 0 Å². The summed E-state index contributed by atoms with van der Waals surface area (Å²) in [6, 6.07) is 3.46. The Morgan fingerprint density at radius 2 is 2.11 bits per heavy atom. The van der Waals surface area contributed by atoms with Gasteiger partial charge in [-0.3, -0.25) is 0 Å². The Balaban J connectivity index is 2.85. The highest BCUT2D eigenvalue weighted by molar-refractivity contribution is 9.10. The third kappa shape index (κ3) is 3.92. The predicted molar refractivity (Wildman–Crippen MR) is 76.6 cm³/mol. The van der Waals surface area contributed by atoms with Crippen LogP contribution in [0.4, 0.5) is 4.39 Å². The van der Waals surface area contributed by atoms with E-state index in [0.29, 0.717) is 10.0 Å². The molecule has 1 aromatic rings. The molecule has 0 spiro atoms. The molecule has 0 saturated carbocycles. The molecule has 0 aromatic heterocycles. The molecule has 0 amide bonds.